The summed E-state index contributed by atoms with van der Waals surface area (Å²) in [5.41, 5.74) is 4.02. The first kappa shape index (κ1) is 23.6. The van der Waals surface area contributed by atoms with Crippen molar-refractivity contribution in [2.24, 2.45) is 5.92 Å². The molecular formula is C28H26ClF2NO3. The van der Waals surface area contributed by atoms with Crippen molar-refractivity contribution in [2.75, 3.05) is 32.9 Å². The first-order chi connectivity index (χ1) is 16.9. The molecule has 3 aromatic carbocycles. The predicted octanol–water partition coefficient (Wildman–Crippen LogP) is 6.53. The standard InChI is InChI=1S/C28H26ClF2NO3/c1-17-24-13-21(33)5-9-26(24)35-28(27(17)23-8-4-20(31)12-25(23)29)19-2-6-22(7-3-19)34-11-10-32-15-18(14-30)16-32/h2-9,12-13,18,28,33H,10-11,14-16H2,1H3/t28-/m0/s1. The fourth-order valence-corrected chi connectivity index (χ4v) is 4.98. The number of rotatable bonds is 7. The summed E-state index contributed by atoms with van der Waals surface area (Å²) in [4.78, 5) is 2.18. The molecule has 5 rings (SSSR count). The molecule has 0 unspecified atom stereocenters. The average Bonchev–Trinajstić information content (AvgIpc) is 2.82. The van der Waals surface area contributed by atoms with Gasteiger partial charge in [-0.25, -0.2) is 4.39 Å². The van der Waals surface area contributed by atoms with E-state index < -0.39 is 11.9 Å². The molecule has 0 radical (unpaired) electrons. The highest BCUT2D eigenvalue weighted by Gasteiger charge is 2.31. The predicted molar refractivity (Wildman–Crippen MR) is 133 cm³/mol. The van der Waals surface area contributed by atoms with Gasteiger partial charge in [0, 0.05) is 42.3 Å². The number of benzene rings is 3. The topological polar surface area (TPSA) is 41.9 Å². The lowest BCUT2D eigenvalue weighted by molar-refractivity contribution is 0.0668. The quantitative estimate of drug-likeness (QED) is 0.403. The number of likely N-dealkylation sites (tertiary alicyclic amines) is 1. The molecule has 2 aliphatic heterocycles. The van der Waals surface area contributed by atoms with Crippen LogP contribution in [0.25, 0.3) is 11.1 Å². The van der Waals surface area contributed by atoms with Crippen molar-refractivity contribution in [3.05, 3.63) is 88.2 Å². The van der Waals surface area contributed by atoms with Gasteiger partial charge in [-0.3, -0.25) is 9.29 Å². The zero-order valence-corrected chi connectivity index (χ0v) is 20.1. The fourth-order valence-electron chi connectivity index (χ4n) is 4.72. The van der Waals surface area contributed by atoms with E-state index in [1.807, 2.05) is 31.2 Å². The molecule has 3 aromatic rings. The van der Waals surface area contributed by atoms with E-state index >= 15 is 0 Å². The van der Waals surface area contributed by atoms with Crippen LogP contribution in [0.15, 0.2) is 60.7 Å². The number of aromatic hydroxyl groups is 1. The van der Waals surface area contributed by atoms with E-state index in [1.165, 1.54) is 12.1 Å². The van der Waals surface area contributed by atoms with E-state index in [0.29, 0.717) is 17.9 Å². The minimum absolute atomic E-state index is 0.134. The van der Waals surface area contributed by atoms with Crippen molar-refractivity contribution in [3.8, 4) is 17.2 Å². The average molecular weight is 498 g/mol. The third-order valence-electron chi connectivity index (χ3n) is 6.61. The summed E-state index contributed by atoms with van der Waals surface area (Å²) in [7, 11) is 0. The Morgan fingerprint density at radius 3 is 2.54 bits per heavy atom. The third-order valence-corrected chi connectivity index (χ3v) is 6.92. The van der Waals surface area contributed by atoms with Crippen LogP contribution in [-0.4, -0.2) is 42.9 Å². The second-order valence-corrected chi connectivity index (χ2v) is 9.45. The molecule has 4 nitrogen and oxygen atoms in total. The van der Waals surface area contributed by atoms with Crippen LogP contribution in [0, 0.1) is 11.7 Å². The molecule has 2 aliphatic rings. The van der Waals surface area contributed by atoms with Gasteiger partial charge >= 0.3 is 0 Å². The molecule has 1 fully saturated rings. The minimum Gasteiger partial charge on any atom is -0.508 e. The lowest BCUT2D eigenvalue weighted by Gasteiger charge is -2.37. The highest BCUT2D eigenvalue weighted by molar-refractivity contribution is 6.32. The number of hydrogen-bond donors (Lipinski definition) is 1. The maximum atomic E-state index is 13.8. The van der Waals surface area contributed by atoms with Gasteiger partial charge in [-0.05, 0) is 60.5 Å². The lowest BCUT2D eigenvalue weighted by atomic mass is 9.86. The molecule has 182 valence electrons. The second kappa shape index (κ2) is 9.88. The summed E-state index contributed by atoms with van der Waals surface area (Å²) in [6, 6.07) is 17.0. The largest absolute Gasteiger partial charge is 0.508 e. The SMILES string of the molecule is CC1=C(c2ccc(F)cc2Cl)[C@H](c2ccc(OCCN3CC(CF)C3)cc2)Oc2ccc(O)cc21. The van der Waals surface area contributed by atoms with Crippen LogP contribution in [0.1, 0.15) is 29.7 Å². The Hall–Kier alpha value is -3.09. The van der Waals surface area contributed by atoms with Gasteiger partial charge in [0.25, 0.3) is 0 Å². The first-order valence-electron chi connectivity index (χ1n) is 11.6. The van der Waals surface area contributed by atoms with Gasteiger partial charge in [0.15, 0.2) is 0 Å². The molecule has 0 spiro atoms. The van der Waals surface area contributed by atoms with Crippen LogP contribution in [0.4, 0.5) is 8.78 Å². The molecule has 0 bridgehead atoms. The van der Waals surface area contributed by atoms with Crippen LogP contribution in [0.2, 0.25) is 5.02 Å². The number of phenolic OH excluding ortho intramolecular Hbond substituents is 1. The summed E-state index contributed by atoms with van der Waals surface area (Å²) >= 11 is 6.46. The molecule has 0 aromatic heterocycles. The number of ether oxygens (including phenoxy) is 2. The second-order valence-electron chi connectivity index (χ2n) is 9.04. The van der Waals surface area contributed by atoms with Crippen molar-refractivity contribution in [1.29, 1.82) is 0 Å². The van der Waals surface area contributed by atoms with E-state index in [1.54, 1.807) is 24.3 Å². The van der Waals surface area contributed by atoms with Gasteiger partial charge in [-0.2, -0.15) is 0 Å². The highest BCUT2D eigenvalue weighted by Crippen LogP contribution is 2.48. The molecule has 7 heteroatoms. The summed E-state index contributed by atoms with van der Waals surface area (Å²) in [6.07, 6.45) is -0.484. The highest BCUT2D eigenvalue weighted by atomic mass is 35.5. The first-order valence-corrected chi connectivity index (χ1v) is 12.0. The number of fused-ring (bicyclic) bond motifs is 1. The molecule has 2 heterocycles. The Bertz CT molecular complexity index is 1260. The molecule has 0 aliphatic carbocycles. The van der Waals surface area contributed by atoms with Crippen molar-refractivity contribution >= 4 is 22.7 Å². The number of alkyl halides is 1. The molecule has 35 heavy (non-hydrogen) atoms. The van der Waals surface area contributed by atoms with E-state index in [0.717, 1.165) is 47.7 Å². The van der Waals surface area contributed by atoms with Crippen LogP contribution < -0.4 is 9.47 Å². The summed E-state index contributed by atoms with van der Waals surface area (Å²) in [6.45, 7) is 4.57. The van der Waals surface area contributed by atoms with E-state index in [9.17, 15) is 13.9 Å². The van der Waals surface area contributed by atoms with Crippen molar-refractivity contribution in [2.45, 2.75) is 13.0 Å². The van der Waals surface area contributed by atoms with Crippen LogP contribution >= 0.6 is 11.6 Å². The van der Waals surface area contributed by atoms with Gasteiger partial charge in [-0.1, -0.05) is 29.8 Å². The number of hydrogen-bond acceptors (Lipinski definition) is 4. The van der Waals surface area contributed by atoms with Crippen molar-refractivity contribution in [1.82, 2.24) is 4.90 Å². The van der Waals surface area contributed by atoms with Crippen LogP contribution in [0.3, 0.4) is 0 Å². The van der Waals surface area contributed by atoms with Gasteiger partial charge in [0.05, 0.1) is 11.7 Å². The van der Waals surface area contributed by atoms with E-state index in [2.05, 4.69) is 4.90 Å². The Morgan fingerprint density at radius 2 is 1.83 bits per heavy atom. The van der Waals surface area contributed by atoms with Gasteiger partial charge in [-0.15, -0.1) is 0 Å². The maximum Gasteiger partial charge on any atom is 0.150 e. The smallest absolute Gasteiger partial charge is 0.150 e. The third kappa shape index (κ3) is 4.86. The maximum absolute atomic E-state index is 13.8. The van der Waals surface area contributed by atoms with E-state index in [-0.39, 0.29) is 23.4 Å². The molecule has 0 amide bonds. The van der Waals surface area contributed by atoms with Gasteiger partial charge < -0.3 is 14.6 Å². The Morgan fingerprint density at radius 1 is 1.06 bits per heavy atom. The van der Waals surface area contributed by atoms with Gasteiger partial charge in [0.2, 0.25) is 0 Å². The zero-order chi connectivity index (χ0) is 24.5. The number of allylic oxidation sites excluding steroid dienone is 1. The summed E-state index contributed by atoms with van der Waals surface area (Å²) in [5.74, 6) is 1.27. The molecule has 1 saturated heterocycles. The van der Waals surface area contributed by atoms with E-state index in [4.69, 9.17) is 21.1 Å². The fraction of sp³-hybridized carbons (Fsp3) is 0.286. The molecule has 1 atom stereocenters. The Balaban J connectivity index is 1.40. The minimum atomic E-state index is -0.484. The van der Waals surface area contributed by atoms with Crippen LogP contribution in [-0.2, 0) is 0 Å². The lowest BCUT2D eigenvalue weighted by Crippen LogP contribution is -2.49. The zero-order valence-electron chi connectivity index (χ0n) is 19.3. The molecular weight excluding hydrogens is 472 g/mol. The molecule has 0 saturated carbocycles. The number of phenols is 1. The van der Waals surface area contributed by atoms with Crippen molar-refractivity contribution < 1.29 is 23.4 Å². The molecule has 1 N–H and O–H groups in total. The summed E-state index contributed by atoms with van der Waals surface area (Å²) < 4.78 is 38.6. The van der Waals surface area contributed by atoms with Gasteiger partial charge in [0.1, 0.15) is 35.8 Å². The monoisotopic (exact) mass is 497 g/mol. The number of halogens is 3. The summed E-state index contributed by atoms with van der Waals surface area (Å²) in [5, 5.41) is 10.3. The van der Waals surface area contributed by atoms with Crippen molar-refractivity contribution in [3.63, 3.8) is 0 Å². The Labute approximate surface area is 208 Å². The normalized spacial score (nSPS) is 18.1. The Kier molecular flexibility index (Phi) is 6.67. The number of nitrogens with zero attached hydrogens (tertiary/aromatic N) is 1. The van der Waals surface area contributed by atoms with Crippen LogP contribution in [0.5, 0.6) is 17.2 Å².